The molecule has 0 saturated carbocycles. The van der Waals surface area contributed by atoms with Crippen molar-refractivity contribution in [2.24, 2.45) is 7.05 Å². The minimum Gasteiger partial charge on any atom is -0.478 e. The number of carbonyl (C=O) groups is 2. The molecule has 2 rings (SSSR count). The van der Waals surface area contributed by atoms with Crippen LogP contribution in [0.5, 0.6) is 0 Å². The standard InChI is InChI=1S/C12H12N4O3/c1-7-9(6-16(2)15-7)11(17)14-10-8(12(18)19)4-3-5-13-10/h3-6H,1-2H3,(H,18,19)(H,13,14,17). The Morgan fingerprint density at radius 1 is 1.37 bits per heavy atom. The topological polar surface area (TPSA) is 97.1 Å². The van der Waals surface area contributed by atoms with Gasteiger partial charge in [-0.05, 0) is 19.1 Å². The minimum absolute atomic E-state index is 0.0169. The van der Waals surface area contributed by atoms with Crippen LogP contribution in [0.2, 0.25) is 0 Å². The number of aromatic nitrogens is 3. The third-order valence-electron chi connectivity index (χ3n) is 2.53. The summed E-state index contributed by atoms with van der Waals surface area (Å²) < 4.78 is 1.51. The smallest absolute Gasteiger partial charge is 0.339 e. The van der Waals surface area contributed by atoms with E-state index in [1.807, 2.05) is 0 Å². The van der Waals surface area contributed by atoms with Gasteiger partial charge in [0.25, 0.3) is 5.91 Å². The summed E-state index contributed by atoms with van der Waals surface area (Å²) in [6, 6.07) is 2.87. The number of carboxylic acid groups (broad SMARTS) is 1. The van der Waals surface area contributed by atoms with Crippen molar-refractivity contribution in [2.75, 3.05) is 5.32 Å². The number of carboxylic acids is 1. The predicted octanol–water partition coefficient (Wildman–Crippen LogP) is 1.07. The molecule has 2 aromatic rings. The summed E-state index contributed by atoms with van der Waals surface area (Å²) in [6.07, 6.45) is 2.98. The van der Waals surface area contributed by atoms with Crippen LogP contribution < -0.4 is 5.32 Å². The minimum atomic E-state index is -1.15. The molecule has 0 aromatic carbocycles. The predicted molar refractivity (Wildman–Crippen MR) is 67.1 cm³/mol. The number of anilines is 1. The van der Waals surface area contributed by atoms with E-state index in [2.05, 4.69) is 15.4 Å². The van der Waals surface area contributed by atoms with Gasteiger partial charge in [-0.15, -0.1) is 0 Å². The van der Waals surface area contributed by atoms with Gasteiger partial charge in [0.1, 0.15) is 11.4 Å². The first kappa shape index (κ1) is 12.7. The molecule has 2 aromatic heterocycles. The zero-order valence-corrected chi connectivity index (χ0v) is 10.4. The summed E-state index contributed by atoms with van der Waals surface area (Å²) in [7, 11) is 1.70. The number of carbonyl (C=O) groups excluding carboxylic acids is 1. The lowest BCUT2D eigenvalue weighted by molar-refractivity contribution is 0.0697. The lowest BCUT2D eigenvalue weighted by Gasteiger charge is -2.06. The zero-order valence-electron chi connectivity index (χ0n) is 10.4. The third-order valence-corrected chi connectivity index (χ3v) is 2.53. The Morgan fingerprint density at radius 2 is 2.11 bits per heavy atom. The number of amides is 1. The summed E-state index contributed by atoms with van der Waals surface area (Å²) >= 11 is 0. The van der Waals surface area contributed by atoms with Crippen molar-refractivity contribution < 1.29 is 14.7 Å². The molecular formula is C12H12N4O3. The summed E-state index contributed by atoms with van der Waals surface area (Å²) in [5, 5.41) is 15.5. The van der Waals surface area contributed by atoms with Gasteiger partial charge >= 0.3 is 5.97 Å². The molecule has 0 aliphatic carbocycles. The fourth-order valence-corrected chi connectivity index (χ4v) is 1.67. The van der Waals surface area contributed by atoms with Crippen LogP contribution in [0, 0.1) is 6.92 Å². The quantitative estimate of drug-likeness (QED) is 0.860. The van der Waals surface area contributed by atoms with E-state index in [1.165, 1.54) is 23.0 Å². The number of hydrogen-bond acceptors (Lipinski definition) is 4. The average molecular weight is 260 g/mol. The van der Waals surface area contributed by atoms with Crippen molar-refractivity contribution in [3.63, 3.8) is 0 Å². The van der Waals surface area contributed by atoms with Gasteiger partial charge in [-0.2, -0.15) is 5.10 Å². The zero-order chi connectivity index (χ0) is 14.0. The van der Waals surface area contributed by atoms with Crippen LogP contribution >= 0.6 is 0 Å². The fourth-order valence-electron chi connectivity index (χ4n) is 1.67. The summed E-state index contributed by atoms with van der Waals surface area (Å²) in [6.45, 7) is 1.70. The molecule has 0 radical (unpaired) electrons. The Labute approximate surface area is 108 Å². The van der Waals surface area contributed by atoms with Crippen LogP contribution in [0.1, 0.15) is 26.4 Å². The van der Waals surface area contributed by atoms with E-state index in [0.29, 0.717) is 11.3 Å². The summed E-state index contributed by atoms with van der Waals surface area (Å²) in [5.74, 6) is -1.57. The number of rotatable bonds is 3. The van der Waals surface area contributed by atoms with Crippen LogP contribution in [0.4, 0.5) is 5.82 Å². The van der Waals surface area contributed by atoms with E-state index in [0.717, 1.165) is 0 Å². The Bertz CT molecular complexity index is 648. The van der Waals surface area contributed by atoms with Crippen molar-refractivity contribution in [3.05, 3.63) is 41.3 Å². The van der Waals surface area contributed by atoms with E-state index < -0.39 is 11.9 Å². The van der Waals surface area contributed by atoms with Gasteiger partial charge in [-0.3, -0.25) is 9.48 Å². The maximum atomic E-state index is 12.0. The first-order valence-electron chi connectivity index (χ1n) is 5.49. The lowest BCUT2D eigenvalue weighted by Crippen LogP contribution is -2.16. The van der Waals surface area contributed by atoms with Crippen LogP contribution in [-0.4, -0.2) is 31.7 Å². The molecule has 0 atom stereocenters. The van der Waals surface area contributed by atoms with Gasteiger partial charge in [-0.25, -0.2) is 9.78 Å². The molecule has 0 spiro atoms. The van der Waals surface area contributed by atoms with E-state index in [9.17, 15) is 9.59 Å². The van der Waals surface area contributed by atoms with E-state index >= 15 is 0 Å². The van der Waals surface area contributed by atoms with Crippen LogP contribution in [-0.2, 0) is 7.05 Å². The summed E-state index contributed by atoms with van der Waals surface area (Å²) in [4.78, 5) is 26.9. The number of aromatic carboxylic acids is 1. The van der Waals surface area contributed by atoms with Crippen LogP contribution in [0.3, 0.4) is 0 Å². The maximum Gasteiger partial charge on any atom is 0.339 e. The monoisotopic (exact) mass is 260 g/mol. The molecule has 0 fully saturated rings. The molecule has 7 nitrogen and oxygen atoms in total. The molecule has 1 amide bonds. The fraction of sp³-hybridized carbons (Fsp3) is 0.167. The highest BCUT2D eigenvalue weighted by Gasteiger charge is 2.17. The highest BCUT2D eigenvalue weighted by Crippen LogP contribution is 2.14. The Kier molecular flexibility index (Phi) is 3.28. The molecule has 7 heteroatoms. The lowest BCUT2D eigenvalue weighted by atomic mass is 10.2. The van der Waals surface area contributed by atoms with Gasteiger partial charge in [0.2, 0.25) is 0 Å². The van der Waals surface area contributed by atoms with Crippen molar-refractivity contribution in [3.8, 4) is 0 Å². The molecule has 0 bridgehead atoms. The largest absolute Gasteiger partial charge is 0.478 e. The maximum absolute atomic E-state index is 12.0. The molecule has 98 valence electrons. The Hall–Kier alpha value is -2.70. The van der Waals surface area contributed by atoms with E-state index in [4.69, 9.17) is 5.11 Å². The average Bonchev–Trinajstić information content (AvgIpc) is 2.69. The van der Waals surface area contributed by atoms with Gasteiger partial charge in [0.15, 0.2) is 0 Å². The van der Waals surface area contributed by atoms with Crippen molar-refractivity contribution >= 4 is 17.7 Å². The molecule has 2 N–H and O–H groups in total. The first-order valence-corrected chi connectivity index (χ1v) is 5.49. The summed E-state index contributed by atoms with van der Waals surface area (Å²) in [5.41, 5.74) is 0.884. The molecule has 0 aliphatic rings. The van der Waals surface area contributed by atoms with Gasteiger partial charge in [0.05, 0.1) is 11.3 Å². The molecule has 0 unspecified atom stereocenters. The number of hydrogen-bond donors (Lipinski definition) is 2. The SMILES string of the molecule is Cc1nn(C)cc1C(=O)Nc1ncccc1C(=O)O. The van der Waals surface area contributed by atoms with Gasteiger partial charge < -0.3 is 10.4 Å². The van der Waals surface area contributed by atoms with Crippen molar-refractivity contribution in [1.82, 2.24) is 14.8 Å². The van der Waals surface area contributed by atoms with Gasteiger partial charge in [0, 0.05) is 19.4 Å². The molecule has 0 aliphatic heterocycles. The van der Waals surface area contributed by atoms with E-state index in [1.54, 1.807) is 20.2 Å². The second-order valence-corrected chi connectivity index (χ2v) is 3.96. The van der Waals surface area contributed by atoms with Crippen LogP contribution in [0.25, 0.3) is 0 Å². The molecule has 0 saturated heterocycles. The second-order valence-electron chi connectivity index (χ2n) is 3.96. The third kappa shape index (κ3) is 2.59. The normalized spacial score (nSPS) is 10.2. The highest BCUT2D eigenvalue weighted by atomic mass is 16.4. The molecular weight excluding hydrogens is 248 g/mol. The molecule has 19 heavy (non-hydrogen) atoms. The van der Waals surface area contributed by atoms with Crippen LogP contribution in [0.15, 0.2) is 24.5 Å². The Balaban J connectivity index is 2.29. The van der Waals surface area contributed by atoms with Crippen molar-refractivity contribution in [1.29, 1.82) is 0 Å². The number of pyridine rings is 1. The highest BCUT2D eigenvalue weighted by molar-refractivity contribution is 6.07. The van der Waals surface area contributed by atoms with Crippen molar-refractivity contribution in [2.45, 2.75) is 6.92 Å². The van der Waals surface area contributed by atoms with Gasteiger partial charge in [-0.1, -0.05) is 0 Å². The van der Waals surface area contributed by atoms with E-state index in [-0.39, 0.29) is 11.4 Å². The number of nitrogens with one attached hydrogen (secondary N) is 1. The first-order chi connectivity index (χ1) is 8.99. The number of nitrogens with zero attached hydrogens (tertiary/aromatic N) is 3. The second kappa shape index (κ2) is 4.89. The Morgan fingerprint density at radius 3 is 2.68 bits per heavy atom. The number of aryl methyl sites for hydroxylation is 2. The molecule has 2 heterocycles.